The minimum absolute atomic E-state index is 0.187. The van der Waals surface area contributed by atoms with Gasteiger partial charge in [0.1, 0.15) is 18.0 Å². The van der Waals surface area contributed by atoms with E-state index in [1.807, 2.05) is 25.1 Å². The number of anilines is 2. The lowest BCUT2D eigenvalue weighted by Gasteiger charge is -2.39. The Hall–Kier alpha value is -2.48. The van der Waals surface area contributed by atoms with Crippen LogP contribution in [-0.4, -0.2) is 63.7 Å². The van der Waals surface area contributed by atoms with E-state index in [0.29, 0.717) is 12.1 Å². The molecule has 2 aromatic heterocycles. The molecule has 0 radical (unpaired) electrons. The summed E-state index contributed by atoms with van der Waals surface area (Å²) in [7, 11) is 5.75. The molecule has 0 N–H and O–H groups in total. The highest BCUT2D eigenvalue weighted by Gasteiger charge is 2.36. The molecule has 2 aromatic rings. The van der Waals surface area contributed by atoms with Gasteiger partial charge in [-0.25, -0.2) is 14.8 Å². The fraction of sp³-hybridized carbons (Fsp3) is 0.600. The van der Waals surface area contributed by atoms with Crippen molar-refractivity contribution in [1.82, 2.24) is 24.4 Å². The molecule has 1 saturated heterocycles. The molecule has 0 bridgehead atoms. The molecule has 4 rings (SSSR count). The molecule has 8 heteroatoms. The third-order valence-electron chi connectivity index (χ3n) is 5.67. The molecular formula is C20H29N7O. The molecule has 8 nitrogen and oxygen atoms in total. The normalized spacial score (nSPS) is 18.2. The summed E-state index contributed by atoms with van der Waals surface area (Å²) < 4.78 is 1.51. The Bertz CT molecular complexity index is 869. The maximum atomic E-state index is 11.7. The van der Waals surface area contributed by atoms with Crippen LogP contribution in [0.5, 0.6) is 0 Å². The van der Waals surface area contributed by atoms with Gasteiger partial charge in [0.15, 0.2) is 0 Å². The van der Waals surface area contributed by atoms with Crippen molar-refractivity contribution in [2.75, 3.05) is 37.0 Å². The highest BCUT2D eigenvalue weighted by molar-refractivity contribution is 5.51. The highest BCUT2D eigenvalue weighted by atomic mass is 16.1. The molecule has 2 fully saturated rings. The number of aryl methyl sites for hydroxylation is 1. The van der Waals surface area contributed by atoms with Gasteiger partial charge >= 0.3 is 5.69 Å². The molecule has 28 heavy (non-hydrogen) atoms. The molecule has 0 spiro atoms. The zero-order valence-corrected chi connectivity index (χ0v) is 17.0. The smallest absolute Gasteiger partial charge is 0.347 e. The van der Waals surface area contributed by atoms with Crippen LogP contribution in [0.3, 0.4) is 0 Å². The van der Waals surface area contributed by atoms with Crippen LogP contribution in [0.15, 0.2) is 29.5 Å². The zero-order valence-electron chi connectivity index (χ0n) is 17.0. The molecule has 0 unspecified atom stereocenters. The van der Waals surface area contributed by atoms with Crippen molar-refractivity contribution in [3.8, 4) is 0 Å². The van der Waals surface area contributed by atoms with E-state index in [1.54, 1.807) is 19.6 Å². The van der Waals surface area contributed by atoms with Gasteiger partial charge in [0.25, 0.3) is 0 Å². The minimum Gasteiger partial charge on any atom is -0.363 e. The van der Waals surface area contributed by atoms with E-state index < -0.39 is 0 Å². The molecule has 2 aliphatic rings. The summed E-state index contributed by atoms with van der Waals surface area (Å²) in [5.74, 6) is 2.00. The van der Waals surface area contributed by atoms with Crippen molar-refractivity contribution in [2.24, 2.45) is 7.05 Å². The predicted molar refractivity (Wildman–Crippen MR) is 110 cm³/mol. The van der Waals surface area contributed by atoms with Gasteiger partial charge in [-0.3, -0.25) is 4.90 Å². The molecule has 3 heterocycles. The van der Waals surface area contributed by atoms with E-state index in [4.69, 9.17) is 0 Å². The van der Waals surface area contributed by atoms with Gasteiger partial charge in [-0.1, -0.05) is 0 Å². The van der Waals surface area contributed by atoms with Crippen LogP contribution in [0.2, 0.25) is 0 Å². The summed E-state index contributed by atoms with van der Waals surface area (Å²) in [6.45, 7) is 2.76. The third kappa shape index (κ3) is 4.16. The summed E-state index contributed by atoms with van der Waals surface area (Å²) >= 11 is 0. The quantitative estimate of drug-likeness (QED) is 0.744. The van der Waals surface area contributed by atoms with Gasteiger partial charge < -0.3 is 14.4 Å². The van der Waals surface area contributed by atoms with E-state index in [9.17, 15) is 4.79 Å². The lowest BCUT2D eigenvalue weighted by atomic mass is 10.0. The number of likely N-dealkylation sites (tertiary alicyclic amines) is 1. The molecule has 1 saturated carbocycles. The number of nitrogens with zero attached hydrogens (tertiary/aromatic N) is 7. The summed E-state index contributed by atoms with van der Waals surface area (Å²) in [6.07, 6.45) is 8.17. The van der Waals surface area contributed by atoms with E-state index in [1.165, 1.54) is 17.4 Å². The van der Waals surface area contributed by atoms with E-state index >= 15 is 0 Å². The first-order valence-electron chi connectivity index (χ1n) is 10.0. The zero-order chi connectivity index (χ0) is 19.7. The van der Waals surface area contributed by atoms with Crippen molar-refractivity contribution in [3.05, 3.63) is 40.8 Å². The van der Waals surface area contributed by atoms with Crippen molar-refractivity contribution in [1.29, 1.82) is 0 Å². The number of hydrogen-bond acceptors (Lipinski definition) is 7. The lowest BCUT2D eigenvalue weighted by molar-refractivity contribution is 0.198. The van der Waals surface area contributed by atoms with Crippen LogP contribution in [-0.2, 0) is 13.6 Å². The van der Waals surface area contributed by atoms with Crippen LogP contribution in [0.25, 0.3) is 0 Å². The third-order valence-corrected chi connectivity index (χ3v) is 5.67. The van der Waals surface area contributed by atoms with Crippen LogP contribution >= 0.6 is 0 Å². The molecule has 0 aromatic carbocycles. The largest absolute Gasteiger partial charge is 0.363 e. The maximum absolute atomic E-state index is 11.7. The fourth-order valence-electron chi connectivity index (χ4n) is 3.92. The summed E-state index contributed by atoms with van der Waals surface area (Å²) in [4.78, 5) is 31.8. The summed E-state index contributed by atoms with van der Waals surface area (Å²) in [6, 6.07) is 5.16. The first-order chi connectivity index (χ1) is 13.5. The second kappa shape index (κ2) is 7.87. The Morgan fingerprint density at radius 1 is 1.07 bits per heavy atom. The maximum Gasteiger partial charge on any atom is 0.347 e. The van der Waals surface area contributed by atoms with Gasteiger partial charge in [0.05, 0.1) is 5.69 Å². The second-order valence-corrected chi connectivity index (χ2v) is 8.09. The first-order valence-corrected chi connectivity index (χ1v) is 10.0. The van der Waals surface area contributed by atoms with E-state index in [-0.39, 0.29) is 5.69 Å². The van der Waals surface area contributed by atoms with Crippen molar-refractivity contribution in [2.45, 2.75) is 44.3 Å². The van der Waals surface area contributed by atoms with Gasteiger partial charge in [-0.2, -0.15) is 4.98 Å². The molecule has 1 aliphatic carbocycles. The molecule has 0 atom stereocenters. The lowest BCUT2D eigenvalue weighted by Crippen LogP contribution is -2.46. The molecular weight excluding hydrogens is 354 g/mol. The van der Waals surface area contributed by atoms with Crippen molar-refractivity contribution < 1.29 is 0 Å². The number of aromatic nitrogens is 4. The topological polar surface area (TPSA) is 70.4 Å². The van der Waals surface area contributed by atoms with Gasteiger partial charge in [0, 0.05) is 65.1 Å². The van der Waals surface area contributed by atoms with Gasteiger partial charge in [0.2, 0.25) is 0 Å². The monoisotopic (exact) mass is 383 g/mol. The van der Waals surface area contributed by atoms with Crippen molar-refractivity contribution >= 4 is 11.6 Å². The van der Waals surface area contributed by atoms with E-state index in [0.717, 1.165) is 49.8 Å². The molecule has 150 valence electrons. The SMILES string of the molecule is CN(C)c1cc(N(C2CC2)C2CCN(Cc3ccn(C)c(=O)n3)CC2)ncn1. The Morgan fingerprint density at radius 3 is 2.39 bits per heavy atom. The second-order valence-electron chi connectivity index (χ2n) is 8.09. The van der Waals surface area contributed by atoms with Crippen LogP contribution in [0, 0.1) is 0 Å². The number of hydrogen-bond donors (Lipinski definition) is 0. The summed E-state index contributed by atoms with van der Waals surface area (Å²) in [5, 5.41) is 0. The Morgan fingerprint density at radius 2 is 1.75 bits per heavy atom. The highest BCUT2D eigenvalue weighted by Crippen LogP contribution is 2.36. The molecule has 1 aliphatic heterocycles. The number of rotatable bonds is 6. The summed E-state index contributed by atoms with van der Waals surface area (Å²) in [5.41, 5.74) is 0.666. The minimum atomic E-state index is -0.187. The average molecular weight is 384 g/mol. The average Bonchev–Trinajstić information content (AvgIpc) is 3.52. The first kappa shape index (κ1) is 18.9. The Kier molecular flexibility index (Phi) is 5.30. The van der Waals surface area contributed by atoms with Crippen LogP contribution in [0.4, 0.5) is 11.6 Å². The van der Waals surface area contributed by atoms with Gasteiger partial charge in [-0.05, 0) is 31.7 Å². The Balaban J connectivity index is 1.42. The Labute approximate surface area is 165 Å². The fourth-order valence-corrected chi connectivity index (χ4v) is 3.92. The predicted octanol–water partition coefficient (Wildman–Crippen LogP) is 1.27. The van der Waals surface area contributed by atoms with Gasteiger partial charge in [-0.15, -0.1) is 0 Å². The van der Waals surface area contributed by atoms with Crippen LogP contribution in [0.1, 0.15) is 31.4 Å². The van der Waals surface area contributed by atoms with Crippen LogP contribution < -0.4 is 15.5 Å². The standard InChI is InChI=1S/C20H29N7O/c1-24(2)18-12-19(22-14-21-18)27(16-4-5-16)17-7-10-26(11-8-17)13-15-6-9-25(3)20(28)23-15/h6,9,12,14,16-17H,4-5,7-8,10-11,13H2,1-3H3. The number of piperidine rings is 1. The molecule has 0 amide bonds. The van der Waals surface area contributed by atoms with E-state index in [2.05, 4.69) is 30.8 Å². The van der Waals surface area contributed by atoms with Crippen molar-refractivity contribution in [3.63, 3.8) is 0 Å².